The molecule has 1 aliphatic rings. The molecule has 182 valence electrons. The number of hydrogen-bond acceptors (Lipinski definition) is 2. The quantitative estimate of drug-likeness (QED) is 0.468. The Balaban J connectivity index is 1.53. The fraction of sp³-hybridized carbons (Fsp3) is 0.259. The maximum atomic E-state index is 13.3. The van der Waals surface area contributed by atoms with Crippen LogP contribution in [0.4, 0.5) is 29.3 Å². The maximum Gasteiger partial charge on any atom is 0.416 e. The number of amides is 3. The molecule has 0 aromatic heterocycles. The van der Waals surface area contributed by atoms with Crippen LogP contribution in [-0.2, 0) is 23.9 Å². The molecule has 0 bridgehead atoms. The highest BCUT2D eigenvalue weighted by Crippen LogP contribution is 2.32. The zero-order valence-corrected chi connectivity index (χ0v) is 19.3. The van der Waals surface area contributed by atoms with Crippen molar-refractivity contribution >= 4 is 23.3 Å². The van der Waals surface area contributed by atoms with Gasteiger partial charge in [-0.25, -0.2) is 4.79 Å². The molecular formula is C27H26F3N3O2. The van der Waals surface area contributed by atoms with Gasteiger partial charge in [-0.3, -0.25) is 9.69 Å². The Morgan fingerprint density at radius 1 is 0.943 bits per heavy atom. The summed E-state index contributed by atoms with van der Waals surface area (Å²) in [6.07, 6.45) is -3.59. The number of carbonyl (C=O) groups excluding carboxylic acids is 2. The molecule has 1 aliphatic heterocycles. The zero-order valence-electron chi connectivity index (χ0n) is 19.3. The number of nitrogens with zero attached hydrogens (tertiary/aromatic N) is 2. The van der Waals surface area contributed by atoms with Gasteiger partial charge < -0.3 is 10.2 Å². The minimum atomic E-state index is -4.44. The van der Waals surface area contributed by atoms with Crippen molar-refractivity contribution in [3.05, 3.63) is 95.1 Å². The van der Waals surface area contributed by atoms with Gasteiger partial charge >= 0.3 is 12.2 Å². The van der Waals surface area contributed by atoms with Crippen molar-refractivity contribution in [1.82, 2.24) is 4.90 Å². The van der Waals surface area contributed by atoms with Gasteiger partial charge in [0.25, 0.3) is 0 Å². The number of halogens is 3. The third kappa shape index (κ3) is 6.01. The maximum absolute atomic E-state index is 13.3. The van der Waals surface area contributed by atoms with Crippen LogP contribution in [0, 0.1) is 6.92 Å². The van der Waals surface area contributed by atoms with Crippen LogP contribution in [0.3, 0.4) is 0 Å². The van der Waals surface area contributed by atoms with Gasteiger partial charge in [0.05, 0.1) is 23.4 Å². The molecule has 4 rings (SSSR count). The Hall–Kier alpha value is -3.81. The summed E-state index contributed by atoms with van der Waals surface area (Å²) >= 11 is 0. The van der Waals surface area contributed by atoms with Gasteiger partial charge in [-0.1, -0.05) is 48.5 Å². The number of benzene rings is 3. The molecule has 1 fully saturated rings. The minimum absolute atomic E-state index is 0.0703. The van der Waals surface area contributed by atoms with Crippen LogP contribution in [0.15, 0.2) is 72.8 Å². The van der Waals surface area contributed by atoms with E-state index in [2.05, 4.69) is 5.32 Å². The number of alkyl halides is 3. The molecule has 3 aromatic carbocycles. The molecule has 1 N–H and O–H groups in total. The fourth-order valence-electron chi connectivity index (χ4n) is 4.18. The monoisotopic (exact) mass is 481 g/mol. The van der Waals surface area contributed by atoms with E-state index < -0.39 is 11.7 Å². The molecule has 1 saturated heterocycles. The van der Waals surface area contributed by atoms with Crippen molar-refractivity contribution < 1.29 is 22.8 Å². The van der Waals surface area contributed by atoms with Gasteiger partial charge in [0.15, 0.2) is 0 Å². The van der Waals surface area contributed by atoms with Crippen molar-refractivity contribution in [3.8, 4) is 0 Å². The summed E-state index contributed by atoms with van der Waals surface area (Å²) in [7, 11) is 0. The third-order valence-electron chi connectivity index (χ3n) is 5.86. The first-order valence-electron chi connectivity index (χ1n) is 11.4. The van der Waals surface area contributed by atoms with E-state index in [9.17, 15) is 22.8 Å². The van der Waals surface area contributed by atoms with Gasteiger partial charge in [0.2, 0.25) is 5.91 Å². The van der Waals surface area contributed by atoms with Crippen LogP contribution in [0.5, 0.6) is 0 Å². The highest BCUT2D eigenvalue weighted by Gasteiger charge is 2.32. The van der Waals surface area contributed by atoms with Crippen LogP contribution >= 0.6 is 0 Å². The van der Waals surface area contributed by atoms with E-state index in [0.29, 0.717) is 36.4 Å². The summed E-state index contributed by atoms with van der Waals surface area (Å²) in [4.78, 5) is 29.2. The van der Waals surface area contributed by atoms with Crippen molar-refractivity contribution in [1.29, 1.82) is 0 Å². The molecule has 0 radical (unpaired) electrons. The molecule has 0 spiro atoms. The van der Waals surface area contributed by atoms with Gasteiger partial charge in [-0.2, -0.15) is 13.2 Å². The van der Waals surface area contributed by atoms with Crippen LogP contribution in [-0.4, -0.2) is 29.9 Å². The number of anilines is 2. The first-order chi connectivity index (χ1) is 16.7. The molecule has 35 heavy (non-hydrogen) atoms. The van der Waals surface area contributed by atoms with E-state index in [-0.39, 0.29) is 24.9 Å². The number of carbonyl (C=O) groups is 2. The third-order valence-corrected chi connectivity index (χ3v) is 5.86. The lowest BCUT2D eigenvalue weighted by Gasteiger charge is -2.36. The molecule has 3 aromatic rings. The smallest absolute Gasteiger partial charge is 0.324 e. The van der Waals surface area contributed by atoms with E-state index in [1.807, 2.05) is 49.4 Å². The fourth-order valence-corrected chi connectivity index (χ4v) is 4.18. The molecule has 1 heterocycles. The number of nitrogens with one attached hydrogen (secondary N) is 1. The van der Waals surface area contributed by atoms with E-state index in [1.54, 1.807) is 17.0 Å². The lowest BCUT2D eigenvalue weighted by atomic mass is 10.1. The lowest BCUT2D eigenvalue weighted by Crippen LogP contribution is -2.49. The van der Waals surface area contributed by atoms with Gasteiger partial charge in [-0.05, 0) is 54.3 Å². The van der Waals surface area contributed by atoms with Crippen LogP contribution < -0.4 is 10.2 Å². The number of hydrogen-bond donors (Lipinski definition) is 1. The van der Waals surface area contributed by atoms with Gasteiger partial charge in [-0.15, -0.1) is 0 Å². The lowest BCUT2D eigenvalue weighted by molar-refractivity contribution is -0.137. The Bertz CT molecular complexity index is 1210. The average molecular weight is 482 g/mol. The average Bonchev–Trinajstić information content (AvgIpc) is 2.81. The number of aryl methyl sites for hydroxylation is 1. The first kappa shape index (κ1) is 24.3. The van der Waals surface area contributed by atoms with Crippen molar-refractivity contribution in [2.24, 2.45) is 0 Å². The molecule has 0 atom stereocenters. The molecule has 3 amide bonds. The second-order valence-corrected chi connectivity index (χ2v) is 8.64. The van der Waals surface area contributed by atoms with Gasteiger partial charge in [0, 0.05) is 19.6 Å². The normalized spacial score (nSPS) is 14.2. The standard InChI is InChI=1S/C27H26F3N3O2/c1-19-11-12-24(23(15-19)31-25(34)17-20-7-3-2-4-8-20)33-14-6-13-32(26(33)35)18-21-9-5-10-22(16-21)27(28,29)30/h2-5,7-12,15-16H,6,13-14,17-18H2,1H3,(H,31,34). The van der Waals surface area contributed by atoms with Crippen LogP contribution in [0.25, 0.3) is 0 Å². The molecular weight excluding hydrogens is 455 g/mol. The molecule has 0 aliphatic carbocycles. The molecule has 8 heteroatoms. The number of rotatable bonds is 6. The van der Waals surface area contributed by atoms with Crippen LogP contribution in [0.1, 0.15) is 28.7 Å². The second-order valence-electron chi connectivity index (χ2n) is 8.64. The van der Waals surface area contributed by atoms with Crippen molar-refractivity contribution in [3.63, 3.8) is 0 Å². The summed E-state index contributed by atoms with van der Waals surface area (Å²) in [5.41, 5.74) is 2.57. The number of urea groups is 1. The molecule has 0 unspecified atom stereocenters. The largest absolute Gasteiger partial charge is 0.416 e. The summed E-state index contributed by atoms with van der Waals surface area (Å²) in [5.74, 6) is -0.201. The Labute approximate surface area is 202 Å². The SMILES string of the molecule is Cc1ccc(N2CCCN(Cc3cccc(C(F)(F)F)c3)C2=O)c(NC(=O)Cc2ccccc2)c1. The predicted molar refractivity (Wildman–Crippen MR) is 129 cm³/mol. The Kier molecular flexibility index (Phi) is 7.10. The van der Waals surface area contributed by atoms with Crippen LogP contribution in [0.2, 0.25) is 0 Å². The van der Waals surface area contributed by atoms with Crippen molar-refractivity contribution in [2.75, 3.05) is 23.3 Å². The predicted octanol–water partition coefficient (Wildman–Crippen LogP) is 6.03. The Morgan fingerprint density at radius 3 is 2.43 bits per heavy atom. The summed E-state index contributed by atoms with van der Waals surface area (Å²) in [5, 5.41) is 2.93. The summed E-state index contributed by atoms with van der Waals surface area (Å²) in [6.45, 7) is 2.85. The zero-order chi connectivity index (χ0) is 25.0. The van der Waals surface area contributed by atoms with E-state index in [4.69, 9.17) is 0 Å². The highest BCUT2D eigenvalue weighted by molar-refractivity contribution is 6.01. The van der Waals surface area contributed by atoms with E-state index in [0.717, 1.165) is 23.3 Å². The summed E-state index contributed by atoms with van der Waals surface area (Å²) in [6, 6.07) is 19.6. The van der Waals surface area contributed by atoms with E-state index in [1.165, 1.54) is 11.0 Å². The summed E-state index contributed by atoms with van der Waals surface area (Å²) < 4.78 is 39.3. The minimum Gasteiger partial charge on any atom is -0.324 e. The topological polar surface area (TPSA) is 52.6 Å². The molecule has 5 nitrogen and oxygen atoms in total. The first-order valence-corrected chi connectivity index (χ1v) is 11.4. The Morgan fingerprint density at radius 2 is 1.69 bits per heavy atom. The molecule has 0 saturated carbocycles. The van der Waals surface area contributed by atoms with Crippen molar-refractivity contribution in [2.45, 2.75) is 32.5 Å². The van der Waals surface area contributed by atoms with Gasteiger partial charge in [0.1, 0.15) is 0 Å². The second kappa shape index (κ2) is 10.2. The van der Waals surface area contributed by atoms with E-state index >= 15 is 0 Å². The highest BCUT2D eigenvalue weighted by atomic mass is 19.4.